The lowest BCUT2D eigenvalue weighted by Gasteiger charge is -2.24. The Morgan fingerprint density at radius 3 is 2.52 bits per heavy atom. The van der Waals surface area contributed by atoms with Crippen LogP contribution < -0.4 is 5.32 Å². The number of likely N-dealkylation sites (tertiary alicyclic amines) is 2. The molecule has 2 heterocycles. The maximum absolute atomic E-state index is 12.8. The number of hydrogen-bond acceptors (Lipinski definition) is 3. The van der Waals surface area contributed by atoms with Crippen molar-refractivity contribution in [3.05, 3.63) is 29.8 Å². The van der Waals surface area contributed by atoms with Gasteiger partial charge < -0.3 is 20.2 Å². The molecule has 27 heavy (non-hydrogen) atoms. The number of urea groups is 1. The van der Waals surface area contributed by atoms with Gasteiger partial charge in [0, 0.05) is 26.2 Å². The van der Waals surface area contributed by atoms with Crippen LogP contribution >= 0.6 is 0 Å². The molecule has 0 unspecified atom stereocenters. The van der Waals surface area contributed by atoms with Crippen LogP contribution in [0.2, 0.25) is 0 Å². The molecule has 1 aliphatic carbocycles. The van der Waals surface area contributed by atoms with Gasteiger partial charge in [-0.2, -0.15) is 0 Å². The standard InChI is InChI=1S/C20H25N3O4/c24-17(22-10-3-4-11-22)15-7-1-2-8-16(15)21-19(27)23-12-14-6-5-9-20(14,13-23)18(25)26/h1-2,7-8,14H,3-6,9-13H2,(H,21,27)(H,25,26)/t14-,20+/m0/s1. The quantitative estimate of drug-likeness (QED) is 0.855. The Hall–Kier alpha value is -2.57. The van der Waals surface area contributed by atoms with Crippen LogP contribution in [0.1, 0.15) is 42.5 Å². The van der Waals surface area contributed by atoms with E-state index in [4.69, 9.17) is 0 Å². The lowest BCUT2D eigenvalue weighted by atomic mass is 9.81. The first-order valence-electron chi connectivity index (χ1n) is 9.69. The third kappa shape index (κ3) is 3.05. The van der Waals surface area contributed by atoms with E-state index < -0.39 is 11.4 Å². The second-order valence-corrected chi connectivity index (χ2v) is 7.91. The first-order valence-corrected chi connectivity index (χ1v) is 9.69. The highest BCUT2D eigenvalue weighted by atomic mass is 16.4. The summed E-state index contributed by atoms with van der Waals surface area (Å²) in [5, 5.41) is 12.5. The second kappa shape index (κ2) is 6.87. The molecule has 3 fully saturated rings. The van der Waals surface area contributed by atoms with Gasteiger partial charge in [0.1, 0.15) is 0 Å². The molecule has 0 radical (unpaired) electrons. The smallest absolute Gasteiger partial charge is 0.321 e. The molecule has 0 bridgehead atoms. The average molecular weight is 371 g/mol. The maximum Gasteiger partial charge on any atom is 0.321 e. The van der Waals surface area contributed by atoms with E-state index in [1.165, 1.54) is 0 Å². The van der Waals surface area contributed by atoms with Crippen molar-refractivity contribution in [3.8, 4) is 0 Å². The van der Waals surface area contributed by atoms with Gasteiger partial charge in [0.25, 0.3) is 5.91 Å². The van der Waals surface area contributed by atoms with Gasteiger partial charge in [0.15, 0.2) is 0 Å². The van der Waals surface area contributed by atoms with Gasteiger partial charge in [-0.05, 0) is 43.7 Å². The summed E-state index contributed by atoms with van der Waals surface area (Å²) in [6.07, 6.45) is 4.39. The van der Waals surface area contributed by atoms with Crippen molar-refractivity contribution in [1.82, 2.24) is 9.80 Å². The molecule has 0 spiro atoms. The third-order valence-electron chi connectivity index (χ3n) is 6.38. The van der Waals surface area contributed by atoms with E-state index in [-0.39, 0.29) is 24.4 Å². The predicted octanol–water partition coefficient (Wildman–Crippen LogP) is 2.64. The molecular formula is C20H25N3O4. The van der Waals surface area contributed by atoms with E-state index in [2.05, 4.69) is 5.32 Å². The van der Waals surface area contributed by atoms with Gasteiger partial charge in [0.05, 0.1) is 16.7 Å². The summed E-state index contributed by atoms with van der Waals surface area (Å²) in [5.41, 5.74) is 0.170. The summed E-state index contributed by atoms with van der Waals surface area (Å²) >= 11 is 0. The summed E-state index contributed by atoms with van der Waals surface area (Å²) in [7, 11) is 0. The minimum Gasteiger partial charge on any atom is -0.481 e. The molecule has 7 nitrogen and oxygen atoms in total. The molecule has 3 aliphatic rings. The van der Waals surface area contributed by atoms with Crippen LogP contribution in [0.15, 0.2) is 24.3 Å². The van der Waals surface area contributed by atoms with Crippen molar-refractivity contribution in [3.63, 3.8) is 0 Å². The normalized spacial score (nSPS) is 26.9. The number of carbonyl (C=O) groups is 3. The molecule has 1 aromatic carbocycles. The van der Waals surface area contributed by atoms with Crippen molar-refractivity contribution in [2.24, 2.45) is 11.3 Å². The van der Waals surface area contributed by atoms with E-state index >= 15 is 0 Å². The van der Waals surface area contributed by atoms with Crippen molar-refractivity contribution >= 4 is 23.6 Å². The number of para-hydroxylation sites is 1. The highest BCUT2D eigenvalue weighted by molar-refractivity contribution is 6.03. The predicted molar refractivity (Wildman–Crippen MR) is 99.6 cm³/mol. The molecule has 4 rings (SSSR count). The monoisotopic (exact) mass is 371 g/mol. The Labute approximate surface area is 158 Å². The highest BCUT2D eigenvalue weighted by Gasteiger charge is 2.55. The zero-order valence-corrected chi connectivity index (χ0v) is 15.3. The lowest BCUT2D eigenvalue weighted by Crippen LogP contribution is -2.39. The maximum atomic E-state index is 12.8. The molecule has 3 amide bonds. The molecule has 0 aromatic heterocycles. The van der Waals surface area contributed by atoms with Crippen molar-refractivity contribution in [2.45, 2.75) is 32.1 Å². The first-order chi connectivity index (χ1) is 13.0. The fourth-order valence-corrected chi connectivity index (χ4v) is 4.86. The molecule has 2 N–H and O–H groups in total. The largest absolute Gasteiger partial charge is 0.481 e. The van der Waals surface area contributed by atoms with Crippen LogP contribution in [0, 0.1) is 11.3 Å². The van der Waals surface area contributed by atoms with Gasteiger partial charge in [0.2, 0.25) is 0 Å². The number of amides is 3. The van der Waals surface area contributed by atoms with Crippen molar-refractivity contribution < 1.29 is 19.5 Å². The fourth-order valence-electron chi connectivity index (χ4n) is 4.86. The van der Waals surface area contributed by atoms with Crippen LogP contribution in [-0.4, -0.2) is 59.0 Å². The molecule has 2 saturated heterocycles. The number of hydrogen-bond donors (Lipinski definition) is 2. The fraction of sp³-hybridized carbons (Fsp3) is 0.550. The van der Waals surface area contributed by atoms with Crippen LogP contribution in [0.4, 0.5) is 10.5 Å². The molecule has 7 heteroatoms. The summed E-state index contributed by atoms with van der Waals surface area (Å²) in [5.74, 6) is -0.851. The molecule has 2 atom stereocenters. The third-order valence-corrected chi connectivity index (χ3v) is 6.38. The number of fused-ring (bicyclic) bond motifs is 1. The number of benzene rings is 1. The molecular weight excluding hydrogens is 346 g/mol. The van der Waals surface area contributed by atoms with E-state index in [1.54, 1.807) is 29.2 Å². The molecule has 144 valence electrons. The number of carboxylic acids is 1. The number of anilines is 1. The van der Waals surface area contributed by atoms with Gasteiger partial charge >= 0.3 is 12.0 Å². The number of nitrogens with one attached hydrogen (secondary N) is 1. The summed E-state index contributed by atoms with van der Waals surface area (Å²) in [6, 6.07) is 6.71. The topological polar surface area (TPSA) is 90.0 Å². The first kappa shape index (κ1) is 17.8. The highest BCUT2D eigenvalue weighted by Crippen LogP contribution is 2.49. The summed E-state index contributed by atoms with van der Waals surface area (Å²) < 4.78 is 0. The summed E-state index contributed by atoms with van der Waals surface area (Å²) in [4.78, 5) is 40.8. The Morgan fingerprint density at radius 1 is 1.07 bits per heavy atom. The van der Waals surface area contributed by atoms with Crippen LogP contribution in [0.25, 0.3) is 0 Å². The Bertz CT molecular complexity index is 774. The van der Waals surface area contributed by atoms with Gasteiger partial charge in [-0.1, -0.05) is 18.6 Å². The van der Waals surface area contributed by atoms with Crippen LogP contribution in [-0.2, 0) is 4.79 Å². The van der Waals surface area contributed by atoms with Gasteiger partial charge in [-0.3, -0.25) is 9.59 Å². The van der Waals surface area contributed by atoms with Gasteiger partial charge in [-0.25, -0.2) is 4.79 Å². The number of carbonyl (C=O) groups excluding carboxylic acids is 2. The zero-order chi connectivity index (χ0) is 19.0. The molecule has 1 saturated carbocycles. The average Bonchev–Trinajstić information content (AvgIpc) is 3.37. The van der Waals surface area contributed by atoms with Crippen LogP contribution in [0.3, 0.4) is 0 Å². The lowest BCUT2D eigenvalue weighted by molar-refractivity contribution is -0.149. The van der Waals surface area contributed by atoms with Crippen molar-refractivity contribution in [1.29, 1.82) is 0 Å². The SMILES string of the molecule is O=C(Nc1ccccc1C(=O)N1CCCC1)N1C[C@@H]2CCC[C@@]2(C(=O)O)C1. The Balaban J connectivity index is 1.49. The van der Waals surface area contributed by atoms with E-state index in [1.807, 2.05) is 4.90 Å². The van der Waals surface area contributed by atoms with Gasteiger partial charge in [-0.15, -0.1) is 0 Å². The summed E-state index contributed by atoms with van der Waals surface area (Å²) in [6.45, 7) is 2.19. The number of aliphatic carboxylic acids is 1. The minimum atomic E-state index is -0.803. The minimum absolute atomic E-state index is 0.0159. The molecule has 2 aliphatic heterocycles. The molecule has 1 aromatic rings. The Kier molecular flexibility index (Phi) is 4.53. The number of carboxylic acid groups (broad SMARTS) is 1. The number of rotatable bonds is 3. The Morgan fingerprint density at radius 2 is 1.81 bits per heavy atom. The second-order valence-electron chi connectivity index (χ2n) is 7.91. The van der Waals surface area contributed by atoms with E-state index in [0.29, 0.717) is 24.2 Å². The zero-order valence-electron chi connectivity index (χ0n) is 15.3. The van der Waals surface area contributed by atoms with E-state index in [9.17, 15) is 19.5 Å². The van der Waals surface area contributed by atoms with E-state index in [0.717, 1.165) is 38.8 Å². The van der Waals surface area contributed by atoms with Crippen molar-refractivity contribution in [2.75, 3.05) is 31.5 Å². The number of nitrogens with zero attached hydrogens (tertiary/aromatic N) is 2. The van der Waals surface area contributed by atoms with Crippen LogP contribution in [0.5, 0.6) is 0 Å².